The molecule has 0 N–H and O–H groups in total. The van der Waals surface area contributed by atoms with Crippen LogP contribution in [0.2, 0.25) is 0 Å². The minimum atomic E-state index is -2.52. The van der Waals surface area contributed by atoms with Crippen molar-refractivity contribution in [2.24, 2.45) is 5.92 Å². The van der Waals surface area contributed by atoms with Gasteiger partial charge in [-0.3, -0.25) is 0 Å². The molecule has 1 rings (SSSR count). The van der Waals surface area contributed by atoms with Gasteiger partial charge >= 0.3 is 6.55 Å². The number of halogens is 2. The van der Waals surface area contributed by atoms with Crippen LogP contribution in [0.15, 0.2) is 12.3 Å². The van der Waals surface area contributed by atoms with Gasteiger partial charge in [0.1, 0.15) is 0 Å². The first kappa shape index (κ1) is 9.16. The molecule has 1 aromatic heterocycles. The summed E-state index contributed by atoms with van der Waals surface area (Å²) in [5, 5.41) is 3.54. The molecule has 0 spiro atoms. The molecule has 0 fully saturated rings. The van der Waals surface area contributed by atoms with Crippen LogP contribution < -0.4 is 0 Å². The summed E-state index contributed by atoms with van der Waals surface area (Å²) in [4.78, 5) is 0. The van der Waals surface area contributed by atoms with Crippen molar-refractivity contribution < 1.29 is 8.78 Å². The Kier molecular flexibility index (Phi) is 2.78. The van der Waals surface area contributed by atoms with E-state index in [1.807, 2.05) is 13.8 Å². The van der Waals surface area contributed by atoms with E-state index >= 15 is 0 Å². The van der Waals surface area contributed by atoms with Crippen molar-refractivity contribution in [3.8, 4) is 0 Å². The predicted octanol–water partition coefficient (Wildman–Crippen LogP) is 2.48. The third kappa shape index (κ3) is 2.03. The van der Waals surface area contributed by atoms with Gasteiger partial charge in [0.25, 0.3) is 0 Å². The fourth-order valence-electron chi connectivity index (χ4n) is 1.10. The van der Waals surface area contributed by atoms with Crippen molar-refractivity contribution in [1.82, 2.24) is 9.78 Å². The monoisotopic (exact) mass is 174 g/mol. The van der Waals surface area contributed by atoms with E-state index in [0.717, 1.165) is 4.68 Å². The zero-order valence-corrected chi connectivity index (χ0v) is 7.17. The number of nitrogens with zero attached hydrogens (tertiary/aromatic N) is 2. The molecule has 4 heteroatoms. The molecule has 0 saturated heterocycles. The number of hydrogen-bond acceptors (Lipinski definition) is 1. The van der Waals surface area contributed by atoms with E-state index in [1.165, 1.54) is 6.20 Å². The average molecular weight is 174 g/mol. The molecule has 1 heterocycles. The second kappa shape index (κ2) is 3.65. The fraction of sp³-hybridized carbons (Fsp3) is 0.625. The summed E-state index contributed by atoms with van der Waals surface area (Å²) in [5.74, 6) is 0.374. The molecule has 0 aliphatic rings. The second-order valence-electron chi connectivity index (χ2n) is 3.14. The summed E-state index contributed by atoms with van der Waals surface area (Å²) in [7, 11) is 0. The van der Waals surface area contributed by atoms with Crippen molar-refractivity contribution in [1.29, 1.82) is 0 Å². The van der Waals surface area contributed by atoms with Crippen molar-refractivity contribution >= 4 is 0 Å². The lowest BCUT2D eigenvalue weighted by Gasteiger charge is -2.07. The van der Waals surface area contributed by atoms with Gasteiger partial charge in [-0.1, -0.05) is 13.8 Å². The highest BCUT2D eigenvalue weighted by Crippen LogP contribution is 2.14. The van der Waals surface area contributed by atoms with Gasteiger partial charge in [0.2, 0.25) is 0 Å². The summed E-state index contributed by atoms with van der Waals surface area (Å²) in [6.45, 7) is 1.46. The minimum Gasteiger partial charge on any atom is -0.209 e. The van der Waals surface area contributed by atoms with E-state index < -0.39 is 6.55 Å². The van der Waals surface area contributed by atoms with Gasteiger partial charge in [0.15, 0.2) is 0 Å². The van der Waals surface area contributed by atoms with Gasteiger partial charge in [0, 0.05) is 11.9 Å². The van der Waals surface area contributed by atoms with Crippen LogP contribution in [0.4, 0.5) is 8.78 Å². The Morgan fingerprint density at radius 2 is 2.17 bits per heavy atom. The fourth-order valence-corrected chi connectivity index (χ4v) is 1.10. The number of alkyl halides is 2. The van der Waals surface area contributed by atoms with Gasteiger partial charge in [-0.2, -0.15) is 13.9 Å². The van der Waals surface area contributed by atoms with E-state index in [4.69, 9.17) is 0 Å². The summed E-state index contributed by atoms with van der Waals surface area (Å²) in [6.07, 6.45) is 2.05. The largest absolute Gasteiger partial charge is 0.333 e. The standard InChI is InChI=1S/C8H12F2N2/c1-6(2)5-7-3-4-11-12(7)8(9)10/h3-4,6,8H,5H2,1-2H3. The van der Waals surface area contributed by atoms with Crippen LogP contribution in [0.5, 0.6) is 0 Å². The maximum Gasteiger partial charge on any atom is 0.333 e. The first-order chi connectivity index (χ1) is 5.61. The minimum absolute atomic E-state index is 0.374. The van der Waals surface area contributed by atoms with Crippen LogP contribution in [0.25, 0.3) is 0 Å². The SMILES string of the molecule is CC(C)Cc1ccnn1C(F)F. The van der Waals surface area contributed by atoms with Crippen molar-refractivity contribution in [2.75, 3.05) is 0 Å². The molecule has 0 aliphatic carbocycles. The van der Waals surface area contributed by atoms with E-state index in [0.29, 0.717) is 18.0 Å². The molecule has 0 saturated carbocycles. The Bertz CT molecular complexity index is 243. The van der Waals surface area contributed by atoms with Gasteiger partial charge in [0.05, 0.1) is 0 Å². The molecule has 1 aromatic rings. The number of hydrogen-bond donors (Lipinski definition) is 0. The predicted molar refractivity (Wildman–Crippen MR) is 42.0 cm³/mol. The van der Waals surface area contributed by atoms with Crippen LogP contribution >= 0.6 is 0 Å². The smallest absolute Gasteiger partial charge is 0.209 e. The highest BCUT2D eigenvalue weighted by molar-refractivity contribution is 5.01. The lowest BCUT2D eigenvalue weighted by molar-refractivity contribution is 0.0530. The van der Waals surface area contributed by atoms with E-state index in [2.05, 4.69) is 5.10 Å². The molecule has 0 aliphatic heterocycles. The number of aromatic nitrogens is 2. The van der Waals surface area contributed by atoms with E-state index in [-0.39, 0.29) is 0 Å². The molecule has 0 atom stereocenters. The lowest BCUT2D eigenvalue weighted by Crippen LogP contribution is -2.07. The average Bonchev–Trinajstić information content (AvgIpc) is 2.33. The van der Waals surface area contributed by atoms with Crippen LogP contribution in [0.1, 0.15) is 26.1 Å². The Morgan fingerprint density at radius 3 is 2.67 bits per heavy atom. The maximum atomic E-state index is 12.2. The summed E-state index contributed by atoms with van der Waals surface area (Å²) < 4.78 is 25.2. The highest BCUT2D eigenvalue weighted by atomic mass is 19.3. The van der Waals surface area contributed by atoms with E-state index in [1.54, 1.807) is 6.07 Å². The molecule has 0 radical (unpaired) electrons. The molecular formula is C8H12F2N2. The first-order valence-electron chi connectivity index (χ1n) is 3.91. The zero-order valence-electron chi connectivity index (χ0n) is 7.17. The molecule has 0 unspecified atom stereocenters. The van der Waals surface area contributed by atoms with Crippen LogP contribution in [0, 0.1) is 5.92 Å². The molecule has 12 heavy (non-hydrogen) atoms. The maximum absolute atomic E-state index is 12.2. The van der Waals surface area contributed by atoms with Crippen molar-refractivity contribution in [3.05, 3.63) is 18.0 Å². The molecular weight excluding hydrogens is 162 g/mol. The Balaban J connectivity index is 2.77. The van der Waals surface area contributed by atoms with Gasteiger partial charge in [-0.05, 0) is 18.4 Å². The Labute approximate surface area is 70.2 Å². The third-order valence-electron chi connectivity index (χ3n) is 1.55. The quantitative estimate of drug-likeness (QED) is 0.688. The summed E-state index contributed by atoms with van der Waals surface area (Å²) >= 11 is 0. The van der Waals surface area contributed by atoms with Gasteiger partial charge in [-0.15, -0.1) is 0 Å². The van der Waals surface area contributed by atoms with Crippen LogP contribution in [-0.4, -0.2) is 9.78 Å². The highest BCUT2D eigenvalue weighted by Gasteiger charge is 2.11. The molecule has 2 nitrogen and oxygen atoms in total. The second-order valence-corrected chi connectivity index (χ2v) is 3.14. The Hall–Kier alpha value is -0.930. The topological polar surface area (TPSA) is 17.8 Å². The summed E-state index contributed by atoms with van der Waals surface area (Å²) in [5.41, 5.74) is 0.597. The third-order valence-corrected chi connectivity index (χ3v) is 1.55. The van der Waals surface area contributed by atoms with Gasteiger partial charge < -0.3 is 0 Å². The van der Waals surface area contributed by atoms with Crippen molar-refractivity contribution in [2.45, 2.75) is 26.8 Å². The van der Waals surface area contributed by atoms with E-state index in [9.17, 15) is 8.78 Å². The van der Waals surface area contributed by atoms with Crippen molar-refractivity contribution in [3.63, 3.8) is 0 Å². The lowest BCUT2D eigenvalue weighted by atomic mass is 10.1. The molecule has 0 aromatic carbocycles. The van der Waals surface area contributed by atoms with Crippen LogP contribution in [0.3, 0.4) is 0 Å². The molecule has 0 bridgehead atoms. The molecule has 68 valence electrons. The normalized spacial score (nSPS) is 11.5. The number of rotatable bonds is 3. The molecule has 0 amide bonds. The first-order valence-corrected chi connectivity index (χ1v) is 3.91. The zero-order chi connectivity index (χ0) is 9.14. The summed E-state index contributed by atoms with van der Waals surface area (Å²) in [6, 6.07) is 1.63. The van der Waals surface area contributed by atoms with Crippen LogP contribution in [-0.2, 0) is 6.42 Å². The Morgan fingerprint density at radius 1 is 1.50 bits per heavy atom. The van der Waals surface area contributed by atoms with Gasteiger partial charge in [-0.25, -0.2) is 4.68 Å².